The molecule has 0 atom stereocenters. The fraction of sp³-hybridized carbons (Fsp3) is 0.222. The highest BCUT2D eigenvalue weighted by atomic mass is 32.2. The quantitative estimate of drug-likeness (QED) is 0.560. The van der Waals surface area contributed by atoms with Gasteiger partial charge in [0.1, 0.15) is 33.9 Å². The third-order valence-electron chi connectivity index (χ3n) is 3.59. The van der Waals surface area contributed by atoms with Gasteiger partial charge in [0.2, 0.25) is 0 Å². The third kappa shape index (κ3) is 4.05. The summed E-state index contributed by atoms with van der Waals surface area (Å²) in [5.41, 5.74) is 0. The number of thioether (sulfide) groups is 1. The molecule has 1 amide bonds. The number of rotatable bonds is 6. The number of nitrogens with zero attached hydrogens (tertiary/aromatic N) is 1. The van der Waals surface area contributed by atoms with Crippen molar-refractivity contribution in [2.45, 2.75) is 13.5 Å². The second-order valence-electron chi connectivity index (χ2n) is 5.19. The molecule has 2 aromatic rings. The van der Waals surface area contributed by atoms with Crippen LogP contribution in [0.2, 0.25) is 0 Å². The van der Waals surface area contributed by atoms with E-state index in [1.807, 2.05) is 43.3 Å². The molecule has 2 heterocycles. The highest BCUT2D eigenvalue weighted by Crippen LogP contribution is 2.32. The number of furan rings is 1. The average Bonchev–Trinajstić information content (AvgIpc) is 3.18. The minimum atomic E-state index is -0.0788. The first-order valence-electron chi connectivity index (χ1n) is 7.71. The largest absolute Gasteiger partial charge is 0.497 e. The lowest BCUT2D eigenvalue weighted by Crippen LogP contribution is -2.27. The number of likely N-dealkylation sites (N-methyl/N-ethyl adjacent to an activating group) is 1. The molecule has 1 aromatic heterocycles. The molecule has 0 saturated carbocycles. The number of thiocarbonyl (C=S) groups is 1. The summed E-state index contributed by atoms with van der Waals surface area (Å²) in [4.78, 5) is 14.3. The number of benzene rings is 1. The number of methoxy groups -OCH3 is 1. The highest BCUT2D eigenvalue weighted by molar-refractivity contribution is 8.26. The van der Waals surface area contributed by atoms with E-state index in [0.29, 0.717) is 33.9 Å². The summed E-state index contributed by atoms with van der Waals surface area (Å²) in [5.74, 6) is 2.70. The van der Waals surface area contributed by atoms with Crippen molar-refractivity contribution in [1.82, 2.24) is 4.90 Å². The van der Waals surface area contributed by atoms with Crippen LogP contribution in [0.1, 0.15) is 18.4 Å². The van der Waals surface area contributed by atoms with Crippen LogP contribution in [-0.4, -0.2) is 28.8 Å². The van der Waals surface area contributed by atoms with E-state index >= 15 is 0 Å². The standard InChI is InChI=1S/C18H17NO4S2/c1-3-19-17(20)16(25-18(19)24)10-14-8-9-15(23-14)11-22-13-6-4-12(21-2)5-7-13/h4-10H,3,11H2,1-2H3/b16-10-. The van der Waals surface area contributed by atoms with Crippen LogP contribution in [0.4, 0.5) is 0 Å². The summed E-state index contributed by atoms with van der Waals surface area (Å²) in [5, 5.41) is 0. The van der Waals surface area contributed by atoms with Gasteiger partial charge in [-0.1, -0.05) is 24.0 Å². The molecule has 0 N–H and O–H groups in total. The molecule has 1 aromatic carbocycles. The maximum atomic E-state index is 12.2. The van der Waals surface area contributed by atoms with Gasteiger partial charge in [-0.3, -0.25) is 9.69 Å². The molecule has 5 nitrogen and oxygen atoms in total. The van der Waals surface area contributed by atoms with Crippen LogP contribution in [0.5, 0.6) is 11.5 Å². The first-order valence-corrected chi connectivity index (χ1v) is 8.94. The van der Waals surface area contributed by atoms with Gasteiger partial charge < -0.3 is 13.9 Å². The zero-order valence-electron chi connectivity index (χ0n) is 13.9. The molecule has 1 fully saturated rings. The van der Waals surface area contributed by atoms with E-state index in [1.54, 1.807) is 18.1 Å². The first kappa shape index (κ1) is 17.6. The van der Waals surface area contributed by atoms with Crippen molar-refractivity contribution >= 4 is 40.3 Å². The molecule has 0 bridgehead atoms. The molecular weight excluding hydrogens is 358 g/mol. The molecule has 1 aliphatic rings. The SMILES string of the molecule is CCN1C(=O)/C(=C/c2ccc(COc3ccc(OC)cc3)o2)SC1=S. The molecule has 0 spiro atoms. The molecule has 1 aliphatic heterocycles. The lowest BCUT2D eigenvalue weighted by molar-refractivity contribution is -0.121. The van der Waals surface area contributed by atoms with E-state index in [2.05, 4.69) is 0 Å². The zero-order valence-corrected chi connectivity index (χ0v) is 15.5. The summed E-state index contributed by atoms with van der Waals surface area (Å²) < 4.78 is 17.1. The molecule has 0 unspecified atom stereocenters. The van der Waals surface area contributed by atoms with Gasteiger partial charge in [0.15, 0.2) is 0 Å². The summed E-state index contributed by atoms with van der Waals surface area (Å²) in [6.07, 6.45) is 1.71. The smallest absolute Gasteiger partial charge is 0.266 e. The minimum absolute atomic E-state index is 0.0788. The number of carbonyl (C=O) groups excluding carboxylic acids is 1. The number of hydrogen-bond acceptors (Lipinski definition) is 6. The topological polar surface area (TPSA) is 51.9 Å². The van der Waals surface area contributed by atoms with Gasteiger partial charge in [0.05, 0.1) is 12.0 Å². The molecule has 25 heavy (non-hydrogen) atoms. The molecule has 0 aliphatic carbocycles. The van der Waals surface area contributed by atoms with Gasteiger partial charge in [-0.15, -0.1) is 0 Å². The van der Waals surface area contributed by atoms with Gasteiger partial charge in [0.25, 0.3) is 5.91 Å². The Kier molecular flexibility index (Phi) is 5.45. The van der Waals surface area contributed by atoms with E-state index in [-0.39, 0.29) is 5.91 Å². The zero-order chi connectivity index (χ0) is 17.8. The summed E-state index contributed by atoms with van der Waals surface area (Å²) in [7, 11) is 1.62. The van der Waals surface area contributed by atoms with Crippen LogP contribution in [0, 0.1) is 0 Å². The lowest BCUT2D eigenvalue weighted by atomic mass is 10.3. The van der Waals surface area contributed by atoms with Crippen molar-refractivity contribution in [2.75, 3.05) is 13.7 Å². The Bertz CT molecular complexity index is 811. The van der Waals surface area contributed by atoms with Gasteiger partial charge in [-0.05, 0) is 43.3 Å². The van der Waals surface area contributed by atoms with Gasteiger partial charge in [0, 0.05) is 12.6 Å². The van der Waals surface area contributed by atoms with Gasteiger partial charge in [-0.2, -0.15) is 0 Å². The van der Waals surface area contributed by atoms with Crippen molar-refractivity contribution in [3.8, 4) is 11.5 Å². The van der Waals surface area contributed by atoms with Crippen molar-refractivity contribution < 1.29 is 18.7 Å². The first-order chi connectivity index (χ1) is 12.1. The lowest BCUT2D eigenvalue weighted by Gasteiger charge is -2.09. The molecular formula is C18H17NO4S2. The van der Waals surface area contributed by atoms with E-state index in [0.717, 1.165) is 11.5 Å². The van der Waals surface area contributed by atoms with Crippen molar-refractivity contribution in [1.29, 1.82) is 0 Å². The Morgan fingerprint density at radius 2 is 1.92 bits per heavy atom. The van der Waals surface area contributed by atoms with E-state index in [1.165, 1.54) is 11.8 Å². The Morgan fingerprint density at radius 1 is 1.20 bits per heavy atom. The molecule has 0 radical (unpaired) electrons. The van der Waals surface area contributed by atoms with Crippen molar-refractivity contribution in [2.24, 2.45) is 0 Å². The highest BCUT2D eigenvalue weighted by Gasteiger charge is 2.30. The van der Waals surface area contributed by atoms with Crippen molar-refractivity contribution in [3.63, 3.8) is 0 Å². The van der Waals surface area contributed by atoms with Crippen LogP contribution in [0.15, 0.2) is 45.7 Å². The molecule has 7 heteroatoms. The minimum Gasteiger partial charge on any atom is -0.497 e. The number of ether oxygens (including phenoxy) is 2. The van der Waals surface area contributed by atoms with E-state index in [4.69, 9.17) is 26.1 Å². The number of amides is 1. The second-order valence-corrected chi connectivity index (χ2v) is 6.87. The maximum Gasteiger partial charge on any atom is 0.266 e. The predicted octanol–water partition coefficient (Wildman–Crippen LogP) is 4.09. The van der Waals surface area contributed by atoms with Crippen LogP contribution in [-0.2, 0) is 11.4 Å². The fourth-order valence-electron chi connectivity index (χ4n) is 2.28. The van der Waals surface area contributed by atoms with E-state index in [9.17, 15) is 4.79 Å². The Balaban J connectivity index is 1.63. The fourth-order valence-corrected chi connectivity index (χ4v) is 3.64. The second kappa shape index (κ2) is 7.76. The Labute approximate surface area is 155 Å². The molecule has 130 valence electrons. The predicted molar refractivity (Wildman–Crippen MR) is 102 cm³/mol. The van der Waals surface area contributed by atoms with Crippen LogP contribution < -0.4 is 9.47 Å². The number of carbonyl (C=O) groups is 1. The average molecular weight is 375 g/mol. The van der Waals surface area contributed by atoms with Crippen LogP contribution >= 0.6 is 24.0 Å². The maximum absolute atomic E-state index is 12.2. The third-order valence-corrected chi connectivity index (χ3v) is 4.96. The molecule has 3 rings (SSSR count). The van der Waals surface area contributed by atoms with Crippen LogP contribution in [0.3, 0.4) is 0 Å². The summed E-state index contributed by atoms with van der Waals surface area (Å²) in [6.45, 7) is 2.77. The number of hydrogen-bond donors (Lipinski definition) is 0. The monoisotopic (exact) mass is 375 g/mol. The van der Waals surface area contributed by atoms with Crippen molar-refractivity contribution in [3.05, 3.63) is 52.8 Å². The summed E-state index contributed by atoms with van der Waals surface area (Å²) in [6, 6.07) is 11.0. The summed E-state index contributed by atoms with van der Waals surface area (Å²) >= 11 is 6.49. The Hall–Kier alpha value is -2.25. The normalized spacial score (nSPS) is 15.9. The van der Waals surface area contributed by atoms with Gasteiger partial charge in [-0.25, -0.2) is 0 Å². The molecule has 1 saturated heterocycles. The van der Waals surface area contributed by atoms with Gasteiger partial charge >= 0.3 is 0 Å². The Morgan fingerprint density at radius 3 is 2.56 bits per heavy atom. The van der Waals surface area contributed by atoms with Crippen LogP contribution in [0.25, 0.3) is 6.08 Å². The van der Waals surface area contributed by atoms with E-state index < -0.39 is 0 Å².